The molecule has 24 nitrogen and oxygen atoms in total. The Morgan fingerprint density at radius 2 is 1.26 bits per heavy atom. The average molecular weight is 1210 g/mol. The number of hydrogen-bond donors (Lipinski definition) is 5. The summed E-state index contributed by atoms with van der Waals surface area (Å²) in [5.74, 6) is -0.765. The van der Waals surface area contributed by atoms with Gasteiger partial charge in [-0.2, -0.15) is 0 Å². The van der Waals surface area contributed by atoms with Crippen molar-refractivity contribution in [3.8, 4) is 5.75 Å². The number of likely N-dealkylation sites (N-methyl/N-ethyl adjacent to an activating group) is 1. The van der Waals surface area contributed by atoms with Crippen LogP contribution in [0.3, 0.4) is 0 Å². The van der Waals surface area contributed by atoms with Crippen LogP contribution in [-0.4, -0.2) is 233 Å². The second kappa shape index (κ2) is 33.9. The average Bonchev–Trinajstić information content (AvgIpc) is 2.16. The number of rotatable bonds is 23. The fourth-order valence-corrected chi connectivity index (χ4v) is 12.2. The normalized spacial score (nSPS) is 17.6. The number of benzene rings is 1. The molecule has 4 rings (SSSR count). The number of guanidine groups is 1. The summed E-state index contributed by atoms with van der Waals surface area (Å²) in [7, 11) is 0.932. The summed E-state index contributed by atoms with van der Waals surface area (Å²) >= 11 is 0. The Morgan fingerprint density at radius 1 is 0.762 bits per heavy atom. The minimum atomic E-state index is -4.13. The minimum absolute atomic E-state index is 0.00127. The Bertz CT molecular complexity index is 2460. The summed E-state index contributed by atoms with van der Waals surface area (Å²) in [4.78, 5) is 104. The van der Waals surface area contributed by atoms with Gasteiger partial charge in [0.15, 0.2) is 0 Å². The predicted molar refractivity (Wildman–Crippen MR) is 323 cm³/mol. The van der Waals surface area contributed by atoms with Crippen molar-refractivity contribution in [2.75, 3.05) is 119 Å². The van der Waals surface area contributed by atoms with Crippen molar-refractivity contribution in [2.45, 2.75) is 175 Å². The van der Waals surface area contributed by atoms with Gasteiger partial charge in [-0.15, -0.1) is 0 Å². The van der Waals surface area contributed by atoms with E-state index in [4.69, 9.17) is 29.8 Å². The second-order valence-electron chi connectivity index (χ2n) is 25.4. The molecule has 1 aromatic carbocycles. The third kappa shape index (κ3) is 26.3. The lowest BCUT2D eigenvalue weighted by atomic mass is 9.89. The van der Waals surface area contributed by atoms with Crippen LogP contribution >= 0.6 is 0 Å². The molecule has 1 aromatic rings. The zero-order valence-electron chi connectivity index (χ0n) is 53.1. The lowest BCUT2D eigenvalue weighted by Crippen LogP contribution is -2.52. The van der Waals surface area contributed by atoms with Crippen LogP contribution in [0.2, 0.25) is 0 Å². The first-order valence-electron chi connectivity index (χ1n) is 29.7. The maximum atomic E-state index is 14.4. The summed E-state index contributed by atoms with van der Waals surface area (Å²) in [5.41, 5.74) is 6.59. The SMILES string of the molecule is Cc1c(C)c(S(=O)(=O)NC(=NCCC[C@H](NC(=O)CN2CCN(CC(=O)OC(C)(C)C)CCN(CC(N)=O)CCN(CC(=O)OC(C)(C)C)CC2)C(=O)N(C)CCCCC(=O)NCC2CCCCC2)N(C)C)c(C)c2c1OC(C)(C)C2.O=CO. The Morgan fingerprint density at radius 3 is 1.75 bits per heavy atom. The number of nitrogens with two attached hydrogens (primary N) is 1. The van der Waals surface area contributed by atoms with Crippen LogP contribution in [0.25, 0.3) is 0 Å². The van der Waals surface area contributed by atoms with Crippen LogP contribution in [0.5, 0.6) is 5.75 Å². The number of sulfonamides is 1. The number of nitrogens with one attached hydrogen (secondary N) is 3. The van der Waals surface area contributed by atoms with Gasteiger partial charge < -0.3 is 45.5 Å². The number of carboxylic acid groups (broad SMARTS) is 1. The van der Waals surface area contributed by atoms with E-state index >= 15 is 0 Å². The van der Waals surface area contributed by atoms with Crippen LogP contribution < -0.4 is 25.8 Å². The molecule has 0 aromatic heterocycles. The molecule has 0 spiro atoms. The first-order chi connectivity index (χ1) is 39.1. The fraction of sp³-hybridized carbons (Fsp3) is 0.763. The van der Waals surface area contributed by atoms with E-state index in [1.165, 1.54) is 19.3 Å². The van der Waals surface area contributed by atoms with Crippen LogP contribution in [-0.2, 0) is 59.5 Å². The van der Waals surface area contributed by atoms with Crippen molar-refractivity contribution in [1.82, 2.24) is 44.8 Å². The number of fused-ring (bicyclic) bond motifs is 1. The number of carbonyl (C=O) groups excluding carboxylic acids is 6. The number of hydrogen-bond acceptors (Lipinski definition) is 17. The zero-order chi connectivity index (χ0) is 63.2. The van der Waals surface area contributed by atoms with Crippen molar-refractivity contribution in [1.29, 1.82) is 0 Å². The van der Waals surface area contributed by atoms with E-state index in [1.54, 1.807) is 86.3 Å². The number of amides is 4. The maximum Gasteiger partial charge on any atom is 0.320 e. The Hall–Kier alpha value is -5.63. The topological polar surface area (TPSA) is 295 Å². The maximum absolute atomic E-state index is 14.4. The molecular formula is C59H103N11O13S. The number of primary amides is 1. The molecule has 2 heterocycles. The summed E-state index contributed by atoms with van der Waals surface area (Å²) < 4.78 is 48.9. The summed E-state index contributed by atoms with van der Waals surface area (Å²) in [6.07, 6.45) is 8.43. The lowest BCUT2D eigenvalue weighted by molar-refractivity contribution is -0.157. The van der Waals surface area contributed by atoms with E-state index in [1.807, 2.05) is 40.4 Å². The van der Waals surface area contributed by atoms with Gasteiger partial charge in [0, 0.05) is 112 Å². The molecule has 3 aliphatic rings. The van der Waals surface area contributed by atoms with Gasteiger partial charge in [0.2, 0.25) is 29.6 Å². The Balaban J connectivity index is 0.00000603. The van der Waals surface area contributed by atoms with Gasteiger partial charge in [0.05, 0.1) is 31.1 Å². The molecule has 1 saturated carbocycles. The van der Waals surface area contributed by atoms with E-state index < -0.39 is 56.6 Å². The zero-order valence-corrected chi connectivity index (χ0v) is 53.9. The van der Waals surface area contributed by atoms with Crippen molar-refractivity contribution < 1.29 is 61.3 Å². The summed E-state index contributed by atoms with van der Waals surface area (Å²) in [6.45, 7) is 23.6. The Labute approximate surface area is 500 Å². The number of aliphatic imine (C=N–C) groups is 1. The van der Waals surface area contributed by atoms with E-state index in [0.717, 1.165) is 29.7 Å². The molecule has 25 heteroatoms. The lowest BCUT2D eigenvalue weighted by Gasteiger charge is -2.34. The van der Waals surface area contributed by atoms with Crippen molar-refractivity contribution in [3.63, 3.8) is 0 Å². The molecule has 4 amide bonds. The first-order valence-corrected chi connectivity index (χ1v) is 31.2. The molecular weight excluding hydrogens is 1100 g/mol. The highest BCUT2D eigenvalue weighted by molar-refractivity contribution is 7.90. The van der Waals surface area contributed by atoms with Crippen LogP contribution in [0, 0.1) is 26.7 Å². The number of esters is 2. The van der Waals surface area contributed by atoms with Crippen LogP contribution in [0.4, 0.5) is 0 Å². The number of unbranched alkanes of at least 4 members (excludes halogenated alkanes) is 1. The van der Waals surface area contributed by atoms with E-state index in [0.29, 0.717) is 115 Å². The molecule has 1 atom stereocenters. The Kier molecular flexibility index (Phi) is 29.3. The molecule has 2 aliphatic heterocycles. The summed E-state index contributed by atoms with van der Waals surface area (Å²) in [5, 5.41) is 13.0. The highest BCUT2D eigenvalue weighted by Gasteiger charge is 2.37. The molecule has 84 heavy (non-hydrogen) atoms. The van der Waals surface area contributed by atoms with Crippen molar-refractivity contribution >= 4 is 58.0 Å². The van der Waals surface area contributed by atoms with Gasteiger partial charge in [-0.1, -0.05) is 19.3 Å². The largest absolute Gasteiger partial charge is 0.487 e. The number of carbonyl (C=O) groups is 7. The minimum Gasteiger partial charge on any atom is -0.487 e. The van der Waals surface area contributed by atoms with Crippen molar-refractivity contribution in [2.24, 2.45) is 16.6 Å². The highest BCUT2D eigenvalue weighted by Crippen LogP contribution is 2.43. The molecule has 0 unspecified atom stereocenters. The first kappa shape index (κ1) is 72.6. The van der Waals surface area contributed by atoms with Gasteiger partial charge in [-0.3, -0.25) is 58.2 Å². The van der Waals surface area contributed by atoms with Crippen molar-refractivity contribution in [3.05, 3.63) is 22.3 Å². The smallest absolute Gasteiger partial charge is 0.320 e. The van der Waals surface area contributed by atoms with E-state index in [9.17, 15) is 37.2 Å². The summed E-state index contributed by atoms with van der Waals surface area (Å²) in [6, 6.07) is -0.988. The molecule has 1 saturated heterocycles. The molecule has 0 radical (unpaired) electrons. The molecule has 478 valence electrons. The number of ether oxygens (including phenoxy) is 3. The molecule has 6 N–H and O–H groups in total. The van der Waals surface area contributed by atoms with E-state index in [2.05, 4.69) is 20.3 Å². The molecule has 0 bridgehead atoms. The second-order valence-corrected chi connectivity index (χ2v) is 27.0. The third-order valence-corrected chi connectivity index (χ3v) is 16.4. The third-order valence-electron chi connectivity index (χ3n) is 14.8. The van der Waals surface area contributed by atoms with E-state index in [-0.39, 0.29) is 68.3 Å². The van der Waals surface area contributed by atoms with Gasteiger partial charge in [0.25, 0.3) is 16.5 Å². The molecule has 1 aliphatic carbocycles. The number of nitrogens with zero attached hydrogens (tertiary/aromatic N) is 7. The monoisotopic (exact) mass is 1210 g/mol. The van der Waals surface area contributed by atoms with Gasteiger partial charge in [0.1, 0.15) is 28.6 Å². The predicted octanol–water partition coefficient (Wildman–Crippen LogP) is 3.20. The van der Waals surface area contributed by atoms with Gasteiger partial charge in [-0.05, 0) is 137 Å². The molecule has 2 fully saturated rings. The highest BCUT2D eigenvalue weighted by atomic mass is 32.2. The quantitative estimate of drug-likeness (QED) is 0.0346. The fourth-order valence-electron chi connectivity index (χ4n) is 10.6. The van der Waals surface area contributed by atoms with Gasteiger partial charge >= 0.3 is 11.9 Å². The van der Waals surface area contributed by atoms with Gasteiger partial charge in [-0.25, -0.2) is 13.1 Å². The van der Waals surface area contributed by atoms with Crippen LogP contribution in [0.1, 0.15) is 142 Å². The standard InChI is InChI=1S/C58H101N11O11S.CH2O2/c1-41-42(2)53(43(3)45-35-58(10,11)80-52(41)45)81(76,77)63-55(64(12)13)60-25-20-23-46(54(75)65(14)26-19-18-24-48(71)61-36-44-21-16-15-17-22-44)62-49(72)38-67-29-33-68(39-50(73)78-56(4,5)6)31-27-66(37-47(59)70)28-32-69(34-30-67)40-51(74)79-57(7,8)9;2-1-3/h44,46H,15-40H2,1-14H3,(H2,59,70)(H,60,63)(H,61,71)(H,62,72);1H,(H,2,3)/t46-;/m0./s1. The van der Waals surface area contributed by atoms with Crippen LogP contribution in [0.15, 0.2) is 9.89 Å².